The summed E-state index contributed by atoms with van der Waals surface area (Å²) in [6.07, 6.45) is 0. The number of aromatic amines is 1. The lowest BCUT2D eigenvalue weighted by Crippen LogP contribution is -1.89. The molecule has 18 heavy (non-hydrogen) atoms. The molecule has 0 saturated heterocycles. The molecule has 3 rings (SSSR count). The number of nitrogens with zero attached hydrogens (tertiary/aromatic N) is 2. The van der Waals surface area contributed by atoms with Gasteiger partial charge in [0.15, 0.2) is 5.82 Å². The molecule has 3 aromatic rings. The normalized spacial score (nSPS) is 11.1. The highest BCUT2D eigenvalue weighted by atomic mass is 32.1. The Labute approximate surface area is 107 Å². The SMILES string of the molecule is CNc1snc(C)c1-c1nc2c(F)cccc2[nH]1. The van der Waals surface area contributed by atoms with E-state index in [2.05, 4.69) is 19.7 Å². The minimum absolute atomic E-state index is 0.318. The van der Waals surface area contributed by atoms with Gasteiger partial charge in [-0.2, -0.15) is 4.37 Å². The molecule has 0 unspecified atom stereocenters. The van der Waals surface area contributed by atoms with Crippen LogP contribution in [0.15, 0.2) is 18.2 Å². The molecule has 0 saturated carbocycles. The van der Waals surface area contributed by atoms with Crippen molar-refractivity contribution in [1.29, 1.82) is 0 Å². The fourth-order valence-corrected chi connectivity index (χ4v) is 2.68. The summed E-state index contributed by atoms with van der Waals surface area (Å²) < 4.78 is 17.9. The molecular formula is C12H11FN4S. The van der Waals surface area contributed by atoms with Crippen LogP contribution in [0.5, 0.6) is 0 Å². The number of halogens is 1. The van der Waals surface area contributed by atoms with Gasteiger partial charge in [-0.3, -0.25) is 0 Å². The first-order valence-corrected chi connectivity index (χ1v) is 6.26. The quantitative estimate of drug-likeness (QED) is 0.745. The van der Waals surface area contributed by atoms with E-state index in [1.165, 1.54) is 17.6 Å². The molecule has 2 aromatic heterocycles. The number of fused-ring (bicyclic) bond motifs is 1. The lowest BCUT2D eigenvalue weighted by molar-refractivity contribution is 0.637. The summed E-state index contributed by atoms with van der Waals surface area (Å²) >= 11 is 1.37. The van der Waals surface area contributed by atoms with Gasteiger partial charge in [0, 0.05) is 7.05 Å². The number of nitrogens with one attached hydrogen (secondary N) is 2. The summed E-state index contributed by atoms with van der Waals surface area (Å²) in [6.45, 7) is 1.91. The van der Waals surface area contributed by atoms with E-state index in [-0.39, 0.29) is 5.82 Å². The average molecular weight is 262 g/mol. The second kappa shape index (κ2) is 4.06. The average Bonchev–Trinajstić information content (AvgIpc) is 2.92. The summed E-state index contributed by atoms with van der Waals surface area (Å²) in [6, 6.07) is 4.88. The number of aromatic nitrogens is 3. The maximum absolute atomic E-state index is 13.6. The number of hydrogen-bond donors (Lipinski definition) is 2. The fourth-order valence-electron chi connectivity index (χ4n) is 1.93. The van der Waals surface area contributed by atoms with Crippen LogP contribution in [0.3, 0.4) is 0 Å². The highest BCUT2D eigenvalue weighted by Crippen LogP contribution is 2.33. The summed E-state index contributed by atoms with van der Waals surface area (Å²) in [7, 11) is 1.83. The van der Waals surface area contributed by atoms with Gasteiger partial charge in [0.2, 0.25) is 0 Å². The van der Waals surface area contributed by atoms with E-state index in [4.69, 9.17) is 0 Å². The molecule has 0 aliphatic carbocycles. The summed E-state index contributed by atoms with van der Waals surface area (Å²) in [5.74, 6) is 0.326. The highest BCUT2D eigenvalue weighted by Gasteiger charge is 2.16. The van der Waals surface area contributed by atoms with Crippen molar-refractivity contribution in [2.75, 3.05) is 12.4 Å². The smallest absolute Gasteiger partial charge is 0.151 e. The van der Waals surface area contributed by atoms with Crippen molar-refractivity contribution in [2.45, 2.75) is 6.92 Å². The summed E-state index contributed by atoms with van der Waals surface area (Å²) in [5, 5.41) is 4.00. The Morgan fingerprint density at radius 3 is 2.94 bits per heavy atom. The standard InChI is InChI=1S/C12H11FN4S/c1-6-9(12(14-2)18-17-6)11-15-8-5-3-4-7(13)10(8)16-11/h3-5,14H,1-2H3,(H,15,16). The van der Waals surface area contributed by atoms with Crippen LogP contribution in [0, 0.1) is 12.7 Å². The third-order valence-electron chi connectivity index (χ3n) is 2.79. The molecule has 0 radical (unpaired) electrons. The number of H-pyrrole nitrogens is 1. The Morgan fingerprint density at radius 2 is 2.22 bits per heavy atom. The molecule has 0 spiro atoms. The highest BCUT2D eigenvalue weighted by molar-refractivity contribution is 7.10. The number of aryl methyl sites for hydroxylation is 1. The van der Waals surface area contributed by atoms with Crippen molar-refractivity contribution in [3.63, 3.8) is 0 Å². The Hall–Kier alpha value is -1.95. The van der Waals surface area contributed by atoms with Crippen LogP contribution >= 0.6 is 11.5 Å². The Morgan fingerprint density at radius 1 is 1.39 bits per heavy atom. The molecule has 2 N–H and O–H groups in total. The van der Waals surface area contributed by atoms with E-state index in [1.807, 2.05) is 20.0 Å². The van der Waals surface area contributed by atoms with Crippen LogP contribution in [0.1, 0.15) is 5.69 Å². The molecule has 0 amide bonds. The number of rotatable bonds is 2. The second-order valence-corrected chi connectivity index (χ2v) is 4.72. The molecule has 4 nitrogen and oxygen atoms in total. The van der Waals surface area contributed by atoms with Crippen molar-refractivity contribution in [3.05, 3.63) is 29.7 Å². The van der Waals surface area contributed by atoms with Crippen LogP contribution in [0.2, 0.25) is 0 Å². The van der Waals surface area contributed by atoms with Crippen LogP contribution in [-0.4, -0.2) is 21.4 Å². The van der Waals surface area contributed by atoms with Crippen LogP contribution in [-0.2, 0) is 0 Å². The molecule has 6 heteroatoms. The summed E-state index contributed by atoms with van der Waals surface area (Å²) in [5.41, 5.74) is 2.83. The predicted octanol–water partition coefficient (Wildman–Crippen LogP) is 3.18. The van der Waals surface area contributed by atoms with Gasteiger partial charge in [-0.05, 0) is 30.6 Å². The third-order valence-corrected chi connectivity index (χ3v) is 3.75. The maximum Gasteiger partial charge on any atom is 0.151 e. The van der Waals surface area contributed by atoms with Crippen LogP contribution in [0.4, 0.5) is 9.39 Å². The van der Waals surface area contributed by atoms with Crippen molar-refractivity contribution in [2.24, 2.45) is 0 Å². The zero-order chi connectivity index (χ0) is 12.7. The molecule has 1 aromatic carbocycles. The first-order chi connectivity index (χ1) is 8.70. The van der Waals surface area contributed by atoms with Gasteiger partial charge in [0.05, 0.1) is 16.8 Å². The second-order valence-electron chi connectivity index (χ2n) is 3.94. The predicted molar refractivity (Wildman–Crippen MR) is 71.4 cm³/mol. The molecule has 0 fully saturated rings. The molecular weight excluding hydrogens is 251 g/mol. The Balaban J connectivity index is 2.26. The Kier molecular flexibility index (Phi) is 2.52. The largest absolute Gasteiger partial charge is 0.378 e. The molecule has 0 aliphatic rings. The Bertz CT molecular complexity index is 716. The zero-order valence-electron chi connectivity index (χ0n) is 9.91. The molecule has 0 bridgehead atoms. The van der Waals surface area contributed by atoms with Gasteiger partial charge in [0.25, 0.3) is 0 Å². The van der Waals surface area contributed by atoms with Crippen molar-refractivity contribution in [3.8, 4) is 11.4 Å². The van der Waals surface area contributed by atoms with Crippen LogP contribution < -0.4 is 5.32 Å². The van der Waals surface area contributed by atoms with E-state index in [0.29, 0.717) is 16.9 Å². The van der Waals surface area contributed by atoms with E-state index < -0.39 is 0 Å². The van der Waals surface area contributed by atoms with Gasteiger partial charge in [0.1, 0.15) is 16.3 Å². The lowest BCUT2D eigenvalue weighted by Gasteiger charge is -1.98. The summed E-state index contributed by atoms with van der Waals surface area (Å²) in [4.78, 5) is 7.45. The van der Waals surface area contributed by atoms with Crippen molar-refractivity contribution < 1.29 is 4.39 Å². The van der Waals surface area contributed by atoms with E-state index in [1.54, 1.807) is 6.07 Å². The number of para-hydroxylation sites is 1. The number of imidazole rings is 1. The van der Waals surface area contributed by atoms with Crippen molar-refractivity contribution >= 4 is 27.6 Å². The minimum atomic E-state index is -0.318. The molecule has 92 valence electrons. The lowest BCUT2D eigenvalue weighted by atomic mass is 10.2. The molecule has 0 atom stereocenters. The number of anilines is 1. The third kappa shape index (κ3) is 1.57. The molecule has 0 aliphatic heterocycles. The topological polar surface area (TPSA) is 53.6 Å². The number of benzene rings is 1. The van der Waals surface area contributed by atoms with E-state index in [0.717, 1.165) is 16.3 Å². The van der Waals surface area contributed by atoms with Gasteiger partial charge in [-0.15, -0.1) is 0 Å². The van der Waals surface area contributed by atoms with E-state index in [9.17, 15) is 4.39 Å². The van der Waals surface area contributed by atoms with Gasteiger partial charge in [-0.25, -0.2) is 9.37 Å². The maximum atomic E-state index is 13.6. The first kappa shape index (κ1) is 11.2. The number of hydrogen-bond acceptors (Lipinski definition) is 4. The van der Waals surface area contributed by atoms with Crippen LogP contribution in [0.25, 0.3) is 22.4 Å². The van der Waals surface area contributed by atoms with Gasteiger partial charge >= 0.3 is 0 Å². The zero-order valence-corrected chi connectivity index (χ0v) is 10.7. The monoisotopic (exact) mass is 262 g/mol. The van der Waals surface area contributed by atoms with Gasteiger partial charge in [-0.1, -0.05) is 6.07 Å². The minimum Gasteiger partial charge on any atom is -0.378 e. The van der Waals surface area contributed by atoms with Gasteiger partial charge < -0.3 is 10.3 Å². The van der Waals surface area contributed by atoms with Crippen molar-refractivity contribution in [1.82, 2.24) is 14.3 Å². The first-order valence-electron chi connectivity index (χ1n) is 5.49. The van der Waals surface area contributed by atoms with E-state index >= 15 is 0 Å². The molecule has 2 heterocycles. The fraction of sp³-hybridized carbons (Fsp3) is 0.167.